The van der Waals surface area contributed by atoms with E-state index in [-0.39, 0.29) is 59.1 Å². The largest absolute Gasteiger partial charge is 0.513 e. The standard InChI is InChI=1S/C34H60N4O3.C6H14.C4H8.3C2H6.C2H4/c1-13-16-26(21(4)14-2)35-24(7)31-30-23(6)25(30)20-38(31)29(40)19-28(34(11,12)15-3)37-32(41)36-27(33(8,9)10)18-17-22(5)39;1-3-5-6-4-2;1-3-4-2;4*1-2/h23,25-28,30-31,35,39H,4-5,7,13-20H2,1-3,6,8-12H3,(H2,36,37,41);3-6H2,1-2H3;3H,1,4H2,2H3;3*1-2H3;1-2H2/t23?,25-,26?,27?,28?,30+,31?;;;;;;/m1....../s1. The van der Waals surface area contributed by atoms with Gasteiger partial charge < -0.3 is 26.0 Å². The van der Waals surface area contributed by atoms with Gasteiger partial charge in [-0.3, -0.25) is 4.79 Å². The molecule has 59 heavy (non-hydrogen) atoms. The predicted molar refractivity (Wildman–Crippen MR) is 266 cm³/mol. The average Bonchev–Trinajstić information content (AvgIpc) is 3.65. The molecule has 0 aromatic carbocycles. The number of aliphatic hydroxyl groups is 1. The molecular weight excluding hydrogens is 729 g/mol. The van der Waals surface area contributed by atoms with Crippen LogP contribution >= 0.6 is 0 Å². The Morgan fingerprint density at radius 2 is 1.27 bits per heavy atom. The quantitative estimate of drug-likeness (QED) is 0.0558. The zero-order chi connectivity index (χ0) is 47.5. The maximum Gasteiger partial charge on any atom is 0.315 e. The van der Waals surface area contributed by atoms with Crippen molar-refractivity contribution < 1.29 is 14.7 Å². The summed E-state index contributed by atoms with van der Waals surface area (Å²) in [6.07, 6.45) is 13.5. The Bertz CT molecular complexity index is 1100. The Labute approximate surface area is 369 Å². The Morgan fingerprint density at radius 1 is 0.797 bits per heavy atom. The van der Waals surface area contributed by atoms with Gasteiger partial charge in [-0.05, 0) is 60.7 Å². The molecule has 1 heterocycles. The van der Waals surface area contributed by atoms with E-state index in [1.807, 2.05) is 52.5 Å². The highest BCUT2D eigenvalue weighted by molar-refractivity contribution is 5.80. The molecule has 2 aliphatic rings. The molecule has 5 unspecified atom stereocenters. The van der Waals surface area contributed by atoms with Crippen LogP contribution in [-0.4, -0.2) is 52.7 Å². The number of hydrogen-bond donors (Lipinski definition) is 4. The van der Waals surface area contributed by atoms with Gasteiger partial charge in [0.15, 0.2) is 0 Å². The summed E-state index contributed by atoms with van der Waals surface area (Å²) in [5, 5.41) is 19.6. The molecule has 2 rings (SSSR count). The number of nitrogens with one attached hydrogen (secondary N) is 3. The predicted octanol–water partition coefficient (Wildman–Crippen LogP) is 15.1. The SMILES string of the molecule is C=C.C=C(O)CCC(NC(=O)NC(CC(=O)N1C[C@@H]2C(C)[C@@H]2C1C(=C)NC(CCC)C(=C)CC)C(C)(C)CC)C(C)(C)C.C=CCC.CC.CC.CC.CCCCCC. The maximum atomic E-state index is 14.0. The van der Waals surface area contributed by atoms with Crippen LogP contribution in [0.1, 0.15) is 202 Å². The molecule has 0 spiro atoms. The van der Waals surface area contributed by atoms with E-state index < -0.39 is 0 Å². The minimum absolute atomic E-state index is 0.0393. The van der Waals surface area contributed by atoms with Crippen molar-refractivity contribution in [2.24, 2.45) is 28.6 Å². The second kappa shape index (κ2) is 38.0. The van der Waals surface area contributed by atoms with Crippen LogP contribution < -0.4 is 16.0 Å². The summed E-state index contributed by atoms with van der Waals surface area (Å²) in [4.78, 5) is 29.3. The highest BCUT2D eigenvalue weighted by atomic mass is 16.3. The Hall–Kier alpha value is -2.96. The topological polar surface area (TPSA) is 93.7 Å². The van der Waals surface area contributed by atoms with Gasteiger partial charge in [-0.15, -0.1) is 19.7 Å². The van der Waals surface area contributed by atoms with Crippen molar-refractivity contribution in [3.63, 3.8) is 0 Å². The van der Waals surface area contributed by atoms with Crippen LogP contribution in [-0.2, 0) is 4.79 Å². The minimum atomic E-state index is -0.336. The van der Waals surface area contributed by atoms with E-state index in [9.17, 15) is 14.7 Å². The molecule has 1 saturated heterocycles. The highest BCUT2D eigenvalue weighted by Gasteiger charge is 2.60. The number of carbonyl (C=O) groups is 2. The highest BCUT2D eigenvalue weighted by Crippen LogP contribution is 2.56. The van der Waals surface area contributed by atoms with Gasteiger partial charge in [0.05, 0.1) is 11.8 Å². The minimum Gasteiger partial charge on any atom is -0.513 e. The monoisotopic (exact) mass is 833 g/mol. The zero-order valence-electron chi connectivity index (χ0n) is 42.8. The van der Waals surface area contributed by atoms with Gasteiger partial charge in [-0.1, -0.05) is 188 Å². The Morgan fingerprint density at radius 3 is 1.64 bits per heavy atom. The molecule has 350 valence electrons. The molecule has 1 saturated carbocycles. The van der Waals surface area contributed by atoms with Gasteiger partial charge in [0.1, 0.15) is 0 Å². The van der Waals surface area contributed by atoms with Crippen LogP contribution in [0.4, 0.5) is 4.79 Å². The molecule has 3 amide bonds. The van der Waals surface area contributed by atoms with Gasteiger partial charge in [0.2, 0.25) is 5.91 Å². The summed E-state index contributed by atoms with van der Waals surface area (Å²) in [6, 6.07) is -0.653. The fraction of sp³-hybridized carbons (Fsp3) is 0.769. The molecule has 0 bridgehead atoms. The number of carbonyl (C=O) groups excluding carboxylic acids is 2. The van der Waals surface area contributed by atoms with E-state index in [0.717, 1.165) is 44.3 Å². The average molecular weight is 833 g/mol. The van der Waals surface area contributed by atoms with Crippen LogP contribution in [0.3, 0.4) is 0 Å². The summed E-state index contributed by atoms with van der Waals surface area (Å²) < 4.78 is 0. The van der Waals surface area contributed by atoms with E-state index in [2.05, 4.69) is 139 Å². The summed E-state index contributed by atoms with van der Waals surface area (Å²) >= 11 is 0. The number of aliphatic hydroxyl groups excluding tert-OH is 1. The lowest BCUT2D eigenvalue weighted by Crippen LogP contribution is -2.55. The fourth-order valence-corrected chi connectivity index (χ4v) is 6.79. The van der Waals surface area contributed by atoms with E-state index in [0.29, 0.717) is 30.6 Å². The molecule has 0 aromatic heterocycles. The summed E-state index contributed by atoms with van der Waals surface area (Å²) in [7, 11) is 0. The third kappa shape index (κ3) is 26.8. The van der Waals surface area contributed by atoms with Crippen molar-refractivity contribution in [1.82, 2.24) is 20.9 Å². The first-order valence-electron chi connectivity index (χ1n) is 23.8. The van der Waals surface area contributed by atoms with Crippen LogP contribution in [0, 0.1) is 28.6 Å². The van der Waals surface area contributed by atoms with Gasteiger partial charge in [0, 0.05) is 43.2 Å². The van der Waals surface area contributed by atoms with Crippen molar-refractivity contribution in [3.05, 3.63) is 62.6 Å². The van der Waals surface area contributed by atoms with E-state index in [1.165, 1.54) is 31.3 Å². The number of nitrogens with zero attached hydrogens (tertiary/aromatic N) is 1. The second-order valence-corrected chi connectivity index (χ2v) is 16.8. The molecule has 7 heteroatoms. The smallest absolute Gasteiger partial charge is 0.315 e. The zero-order valence-corrected chi connectivity index (χ0v) is 42.8. The Kier molecular flexibility index (Phi) is 42.0. The van der Waals surface area contributed by atoms with Crippen molar-refractivity contribution >= 4 is 11.9 Å². The molecule has 1 aliphatic carbocycles. The van der Waals surface area contributed by atoms with Crippen LogP contribution in [0.15, 0.2) is 62.6 Å². The second-order valence-electron chi connectivity index (χ2n) is 16.8. The van der Waals surface area contributed by atoms with Crippen molar-refractivity contribution in [1.29, 1.82) is 0 Å². The van der Waals surface area contributed by atoms with Gasteiger partial charge in [-0.25, -0.2) is 4.79 Å². The molecule has 2 fully saturated rings. The van der Waals surface area contributed by atoms with Crippen molar-refractivity contribution in [2.45, 2.75) is 226 Å². The number of allylic oxidation sites excluding steroid dienone is 2. The van der Waals surface area contributed by atoms with Gasteiger partial charge in [-0.2, -0.15) is 0 Å². The lowest BCUT2D eigenvalue weighted by atomic mass is 9.80. The molecule has 1 aliphatic heterocycles. The van der Waals surface area contributed by atoms with E-state index in [4.69, 9.17) is 0 Å². The fourth-order valence-electron chi connectivity index (χ4n) is 6.79. The van der Waals surface area contributed by atoms with Crippen molar-refractivity contribution in [2.75, 3.05) is 6.54 Å². The number of likely N-dealkylation sites (tertiary alicyclic amines) is 1. The normalized spacial score (nSPS) is 18.4. The number of amides is 3. The molecule has 7 atom stereocenters. The van der Waals surface area contributed by atoms with Crippen LogP contribution in [0.25, 0.3) is 0 Å². The lowest BCUT2D eigenvalue weighted by Gasteiger charge is -2.38. The third-order valence-electron chi connectivity index (χ3n) is 11.2. The maximum absolute atomic E-state index is 14.0. The van der Waals surface area contributed by atoms with Crippen LogP contribution in [0.5, 0.6) is 0 Å². The van der Waals surface area contributed by atoms with Crippen LogP contribution in [0.2, 0.25) is 0 Å². The molecule has 0 radical (unpaired) electrons. The molecule has 7 nitrogen and oxygen atoms in total. The first-order valence-corrected chi connectivity index (χ1v) is 23.8. The number of hydrogen-bond acceptors (Lipinski definition) is 4. The first-order chi connectivity index (χ1) is 27.8. The first kappa shape index (κ1) is 65.2. The number of rotatable bonds is 20. The molecular formula is C52H104N4O3. The third-order valence-corrected chi connectivity index (χ3v) is 11.2. The lowest BCUT2D eigenvalue weighted by molar-refractivity contribution is -0.133. The summed E-state index contributed by atoms with van der Waals surface area (Å²) in [5.74, 6) is 1.69. The number of piperidine rings is 1. The van der Waals surface area contributed by atoms with Gasteiger partial charge >= 0.3 is 6.03 Å². The molecule has 4 N–H and O–H groups in total. The number of unbranched alkanes of at least 4 members (excludes halogenated alkanes) is 3. The van der Waals surface area contributed by atoms with Gasteiger partial charge in [0.25, 0.3) is 0 Å². The van der Waals surface area contributed by atoms with E-state index >= 15 is 0 Å². The van der Waals surface area contributed by atoms with Crippen molar-refractivity contribution in [3.8, 4) is 0 Å². The van der Waals surface area contributed by atoms with E-state index in [1.54, 1.807) is 0 Å². The summed E-state index contributed by atoms with van der Waals surface area (Å²) in [6.45, 7) is 60.2. The summed E-state index contributed by atoms with van der Waals surface area (Å²) in [5.41, 5.74) is 1.60. The number of fused-ring (bicyclic) bond motifs is 1. The Balaban J connectivity index is -0.000000459. The number of urea groups is 1. The molecule has 0 aromatic rings.